The van der Waals surface area contributed by atoms with Crippen molar-refractivity contribution in [3.05, 3.63) is 40.0 Å². The van der Waals surface area contributed by atoms with Gasteiger partial charge in [-0.25, -0.2) is 0 Å². The van der Waals surface area contributed by atoms with E-state index in [0.29, 0.717) is 25.2 Å². The van der Waals surface area contributed by atoms with Crippen LogP contribution in [0.1, 0.15) is 34.5 Å². The van der Waals surface area contributed by atoms with Gasteiger partial charge >= 0.3 is 0 Å². The number of benzene rings is 1. The maximum atomic E-state index is 12.8. The molecule has 0 radical (unpaired) electrons. The van der Waals surface area contributed by atoms with Gasteiger partial charge in [0.25, 0.3) is 5.91 Å². The van der Waals surface area contributed by atoms with E-state index >= 15 is 0 Å². The minimum atomic E-state index is -0.308. The number of aryl methyl sites for hydroxylation is 1. The first-order chi connectivity index (χ1) is 12.2. The highest BCUT2D eigenvalue weighted by atomic mass is 35.5. The van der Waals surface area contributed by atoms with Crippen molar-refractivity contribution in [1.82, 2.24) is 15.2 Å². The number of nitriles is 1. The number of nitrogens with zero attached hydrogens (tertiary/aromatic N) is 3. The minimum Gasteiger partial charge on any atom is -0.335 e. The summed E-state index contributed by atoms with van der Waals surface area (Å²) in [6.45, 7) is 1.65. The molecule has 1 aliphatic heterocycles. The lowest BCUT2D eigenvalue weighted by Crippen LogP contribution is -2.52. The van der Waals surface area contributed by atoms with Gasteiger partial charge in [0.05, 0.1) is 16.6 Å². The average Bonchev–Trinajstić information content (AvgIpc) is 2.67. The van der Waals surface area contributed by atoms with Gasteiger partial charge in [-0.1, -0.05) is 17.7 Å². The molecular formula is C19H19ClN4O. The molecule has 1 amide bonds. The molecule has 1 aliphatic carbocycles. The van der Waals surface area contributed by atoms with Crippen LogP contribution in [0, 0.1) is 11.3 Å². The molecule has 5 nitrogen and oxygen atoms in total. The second-order valence-corrected chi connectivity index (χ2v) is 7.06. The fourth-order valence-electron chi connectivity index (χ4n) is 3.70. The summed E-state index contributed by atoms with van der Waals surface area (Å²) < 4.78 is 0. The number of aromatic nitrogens is 1. The van der Waals surface area contributed by atoms with E-state index in [1.54, 1.807) is 4.90 Å². The van der Waals surface area contributed by atoms with Crippen molar-refractivity contribution in [1.29, 1.82) is 5.26 Å². The second kappa shape index (κ2) is 6.62. The van der Waals surface area contributed by atoms with Gasteiger partial charge in [-0.15, -0.1) is 0 Å². The number of hydrogen-bond donors (Lipinski definition) is 1. The van der Waals surface area contributed by atoms with Crippen LogP contribution < -0.4 is 5.32 Å². The fraction of sp³-hybridized carbons (Fsp3) is 0.421. The van der Waals surface area contributed by atoms with Gasteiger partial charge in [-0.2, -0.15) is 5.26 Å². The highest BCUT2D eigenvalue weighted by molar-refractivity contribution is 6.36. The Morgan fingerprint density at radius 1 is 1.36 bits per heavy atom. The Bertz CT molecular complexity index is 889. The van der Waals surface area contributed by atoms with Crippen LogP contribution >= 0.6 is 11.6 Å². The fourth-order valence-corrected chi connectivity index (χ4v) is 4.07. The van der Waals surface area contributed by atoms with Crippen molar-refractivity contribution >= 4 is 28.4 Å². The predicted octanol–water partition coefficient (Wildman–Crippen LogP) is 2.70. The molecule has 128 valence electrons. The van der Waals surface area contributed by atoms with Crippen LogP contribution in [0.25, 0.3) is 10.9 Å². The minimum absolute atomic E-state index is 0.0562. The highest BCUT2D eigenvalue weighted by Gasteiger charge is 2.24. The van der Waals surface area contributed by atoms with Gasteiger partial charge in [0, 0.05) is 36.3 Å². The molecule has 1 saturated heterocycles. The van der Waals surface area contributed by atoms with E-state index in [9.17, 15) is 4.79 Å². The van der Waals surface area contributed by atoms with Crippen molar-refractivity contribution < 1.29 is 4.79 Å². The molecule has 0 saturated carbocycles. The zero-order valence-electron chi connectivity index (χ0n) is 13.9. The third-order valence-electron chi connectivity index (χ3n) is 5.06. The molecule has 1 aromatic carbocycles. The van der Waals surface area contributed by atoms with Crippen molar-refractivity contribution in [2.45, 2.75) is 31.7 Å². The van der Waals surface area contributed by atoms with Crippen molar-refractivity contribution in [2.75, 3.05) is 19.6 Å². The Kier molecular flexibility index (Phi) is 4.32. The zero-order chi connectivity index (χ0) is 17.4. The lowest BCUT2D eigenvalue weighted by Gasteiger charge is -2.30. The molecule has 4 rings (SSSR count). The van der Waals surface area contributed by atoms with Crippen LogP contribution in [0.15, 0.2) is 18.2 Å². The van der Waals surface area contributed by atoms with Crippen molar-refractivity contribution in [3.8, 4) is 6.07 Å². The second-order valence-electron chi connectivity index (χ2n) is 6.68. The number of amides is 1. The summed E-state index contributed by atoms with van der Waals surface area (Å²) in [6.07, 6.45) is 4.22. The topological polar surface area (TPSA) is 69.0 Å². The first-order valence-electron chi connectivity index (χ1n) is 8.70. The maximum absolute atomic E-state index is 12.8. The molecular weight excluding hydrogens is 336 g/mol. The summed E-state index contributed by atoms with van der Waals surface area (Å²) in [5.74, 6) is -0.0562. The molecule has 1 aromatic heterocycles. The standard InChI is InChI=1S/C19H19ClN4O/c20-18-14-3-1-2-4-16(14)23-17-9-12(5-6-15(17)18)19(25)24-8-7-22-13(10-21)11-24/h5-6,9,13,22H,1-4,7-8,11H2. The predicted molar refractivity (Wildman–Crippen MR) is 96.7 cm³/mol. The number of fused-ring (bicyclic) bond motifs is 2. The molecule has 1 atom stereocenters. The third kappa shape index (κ3) is 2.97. The van der Waals surface area contributed by atoms with E-state index in [1.807, 2.05) is 18.2 Å². The number of carbonyl (C=O) groups is 1. The Balaban J connectivity index is 1.69. The van der Waals surface area contributed by atoms with Gasteiger partial charge in [0.15, 0.2) is 0 Å². The van der Waals surface area contributed by atoms with Crippen LogP contribution in [0.3, 0.4) is 0 Å². The molecule has 6 heteroatoms. The molecule has 0 bridgehead atoms. The summed E-state index contributed by atoms with van der Waals surface area (Å²) in [7, 11) is 0. The SMILES string of the molecule is N#CC1CN(C(=O)c2ccc3c(Cl)c4c(nc3c2)CCCC4)CCN1. The van der Waals surface area contributed by atoms with Crippen LogP contribution in [0.4, 0.5) is 0 Å². The molecule has 2 aromatic rings. The lowest BCUT2D eigenvalue weighted by atomic mass is 9.94. The van der Waals surface area contributed by atoms with E-state index in [-0.39, 0.29) is 11.9 Å². The van der Waals surface area contributed by atoms with Gasteiger partial charge in [0.2, 0.25) is 0 Å². The Labute approximate surface area is 151 Å². The summed E-state index contributed by atoms with van der Waals surface area (Å²) >= 11 is 6.60. The number of carbonyl (C=O) groups excluding carboxylic acids is 1. The molecule has 2 heterocycles. The number of nitrogens with one attached hydrogen (secondary N) is 1. The third-order valence-corrected chi connectivity index (χ3v) is 5.49. The molecule has 2 aliphatic rings. The first-order valence-corrected chi connectivity index (χ1v) is 9.08. The summed E-state index contributed by atoms with van der Waals surface area (Å²) in [5, 5.41) is 13.9. The van der Waals surface area contributed by atoms with Crippen molar-refractivity contribution in [2.24, 2.45) is 0 Å². The maximum Gasteiger partial charge on any atom is 0.254 e. The molecule has 0 spiro atoms. The normalized spacial score (nSPS) is 20.2. The Morgan fingerprint density at radius 3 is 3.04 bits per heavy atom. The Hall–Kier alpha value is -2.16. The van der Waals surface area contributed by atoms with Crippen LogP contribution in [0.2, 0.25) is 5.02 Å². The summed E-state index contributed by atoms with van der Waals surface area (Å²) in [4.78, 5) is 19.3. The van der Waals surface area contributed by atoms with Gasteiger partial charge in [-0.3, -0.25) is 15.1 Å². The largest absolute Gasteiger partial charge is 0.335 e. The van der Waals surface area contributed by atoms with Crippen molar-refractivity contribution in [3.63, 3.8) is 0 Å². The number of hydrogen-bond acceptors (Lipinski definition) is 4. The van der Waals surface area contributed by atoms with Gasteiger partial charge in [-0.05, 0) is 43.4 Å². The van der Waals surface area contributed by atoms with Gasteiger partial charge < -0.3 is 4.90 Å². The van der Waals surface area contributed by atoms with E-state index in [4.69, 9.17) is 21.8 Å². The summed E-state index contributed by atoms with van der Waals surface area (Å²) in [5.41, 5.74) is 3.62. The van der Waals surface area contributed by atoms with Crippen LogP contribution in [-0.2, 0) is 12.8 Å². The van der Waals surface area contributed by atoms with E-state index in [0.717, 1.165) is 47.3 Å². The highest BCUT2D eigenvalue weighted by Crippen LogP contribution is 2.33. The number of halogens is 1. The van der Waals surface area contributed by atoms with Crippen LogP contribution in [-0.4, -0.2) is 41.5 Å². The van der Waals surface area contributed by atoms with E-state index < -0.39 is 0 Å². The zero-order valence-corrected chi connectivity index (χ0v) is 14.6. The smallest absolute Gasteiger partial charge is 0.254 e. The number of rotatable bonds is 1. The number of piperazine rings is 1. The molecule has 1 fully saturated rings. The molecule has 1 N–H and O–H groups in total. The first kappa shape index (κ1) is 16.3. The number of pyridine rings is 1. The van der Waals surface area contributed by atoms with E-state index in [1.165, 1.54) is 5.56 Å². The average molecular weight is 355 g/mol. The Morgan fingerprint density at radius 2 is 2.20 bits per heavy atom. The quantitative estimate of drug-likeness (QED) is 0.854. The van der Waals surface area contributed by atoms with Gasteiger partial charge in [0.1, 0.15) is 6.04 Å². The molecule has 1 unspecified atom stereocenters. The van der Waals surface area contributed by atoms with E-state index in [2.05, 4.69) is 11.4 Å². The monoisotopic (exact) mass is 354 g/mol. The molecule has 25 heavy (non-hydrogen) atoms. The lowest BCUT2D eigenvalue weighted by molar-refractivity contribution is 0.0719. The van der Waals surface area contributed by atoms with Crippen LogP contribution in [0.5, 0.6) is 0 Å². The summed E-state index contributed by atoms with van der Waals surface area (Å²) in [6, 6.07) is 7.42.